The van der Waals surface area contributed by atoms with Gasteiger partial charge in [0.1, 0.15) is 0 Å². The highest BCUT2D eigenvalue weighted by Crippen LogP contribution is 2.16. The minimum atomic E-state index is -0.208. The summed E-state index contributed by atoms with van der Waals surface area (Å²) < 4.78 is 0.873. The molecule has 1 unspecified atom stereocenters. The fourth-order valence-corrected chi connectivity index (χ4v) is 1.87. The third-order valence-corrected chi connectivity index (χ3v) is 3.26. The number of aliphatic hydroxyl groups is 1. The maximum atomic E-state index is 12.0. The maximum absolute atomic E-state index is 12.0. The topological polar surface area (TPSA) is 49.3 Å². The molecule has 0 fully saturated rings. The van der Waals surface area contributed by atoms with E-state index in [1.807, 2.05) is 32.9 Å². The summed E-state index contributed by atoms with van der Waals surface area (Å²) in [6, 6.07) is 5.38. The molecule has 94 valence electrons. The van der Waals surface area contributed by atoms with Crippen LogP contribution in [0.1, 0.15) is 29.8 Å². The molecule has 3 nitrogen and oxygen atoms in total. The Balaban J connectivity index is 2.86. The van der Waals surface area contributed by atoms with E-state index in [1.165, 1.54) is 0 Å². The zero-order chi connectivity index (χ0) is 13.0. The van der Waals surface area contributed by atoms with Gasteiger partial charge in [0.15, 0.2) is 0 Å². The average molecular weight is 300 g/mol. The number of hydrogen-bond donors (Lipinski definition) is 2. The van der Waals surface area contributed by atoms with Crippen LogP contribution in [0, 0.1) is 12.8 Å². The molecule has 0 aromatic heterocycles. The minimum absolute atomic E-state index is 0.0452. The molecular weight excluding hydrogens is 282 g/mol. The summed E-state index contributed by atoms with van der Waals surface area (Å²) in [6.07, 6.45) is 0. The summed E-state index contributed by atoms with van der Waals surface area (Å²) in [5.74, 6) is 0.0629. The first-order valence-corrected chi connectivity index (χ1v) is 6.43. The van der Waals surface area contributed by atoms with Gasteiger partial charge in [0.25, 0.3) is 5.91 Å². The highest BCUT2D eigenvalue weighted by atomic mass is 79.9. The number of halogens is 1. The van der Waals surface area contributed by atoms with E-state index in [0.717, 1.165) is 10.0 Å². The van der Waals surface area contributed by atoms with E-state index in [2.05, 4.69) is 21.2 Å². The highest BCUT2D eigenvalue weighted by molar-refractivity contribution is 9.10. The Hall–Kier alpha value is -0.870. The summed E-state index contributed by atoms with van der Waals surface area (Å²) in [5.41, 5.74) is 1.56. The number of amides is 1. The Kier molecular flexibility index (Phi) is 5.15. The molecule has 1 aromatic carbocycles. The van der Waals surface area contributed by atoms with Gasteiger partial charge in [-0.25, -0.2) is 0 Å². The van der Waals surface area contributed by atoms with E-state index in [0.29, 0.717) is 5.56 Å². The van der Waals surface area contributed by atoms with E-state index < -0.39 is 0 Å². The van der Waals surface area contributed by atoms with E-state index in [4.69, 9.17) is 0 Å². The molecule has 0 radical (unpaired) electrons. The molecule has 17 heavy (non-hydrogen) atoms. The number of aryl methyl sites for hydroxylation is 1. The van der Waals surface area contributed by atoms with Crippen molar-refractivity contribution in [1.29, 1.82) is 0 Å². The summed E-state index contributed by atoms with van der Waals surface area (Å²) >= 11 is 3.35. The van der Waals surface area contributed by atoms with Crippen LogP contribution in [0.15, 0.2) is 22.7 Å². The second-order valence-corrected chi connectivity index (χ2v) is 5.38. The zero-order valence-corrected chi connectivity index (χ0v) is 11.9. The van der Waals surface area contributed by atoms with Crippen LogP contribution in [-0.4, -0.2) is 23.7 Å². The summed E-state index contributed by atoms with van der Waals surface area (Å²) in [6.45, 7) is 5.78. The lowest BCUT2D eigenvalue weighted by Gasteiger charge is -2.20. The lowest BCUT2D eigenvalue weighted by molar-refractivity contribution is 0.0896. The number of hydrogen-bond acceptors (Lipinski definition) is 2. The standard InChI is InChI=1S/C13H18BrNO2/c1-8(2)12(7-16)15-13(17)11-6-10(14)5-4-9(11)3/h4-6,8,12,16H,7H2,1-3H3,(H,15,17). The van der Waals surface area contributed by atoms with E-state index in [9.17, 15) is 9.90 Å². The normalized spacial score (nSPS) is 12.6. The van der Waals surface area contributed by atoms with Gasteiger partial charge in [-0.15, -0.1) is 0 Å². The Labute approximate surface area is 110 Å². The zero-order valence-electron chi connectivity index (χ0n) is 10.3. The van der Waals surface area contributed by atoms with Crippen LogP contribution in [0.3, 0.4) is 0 Å². The Bertz CT molecular complexity index is 404. The predicted molar refractivity (Wildman–Crippen MR) is 72.1 cm³/mol. The fourth-order valence-electron chi connectivity index (χ4n) is 1.51. The first-order valence-electron chi connectivity index (χ1n) is 5.63. The largest absolute Gasteiger partial charge is 0.394 e. The van der Waals surface area contributed by atoms with Gasteiger partial charge in [0.2, 0.25) is 0 Å². The number of rotatable bonds is 4. The van der Waals surface area contributed by atoms with Gasteiger partial charge in [-0.05, 0) is 30.5 Å². The van der Waals surface area contributed by atoms with Crippen LogP contribution in [0.4, 0.5) is 0 Å². The summed E-state index contributed by atoms with van der Waals surface area (Å²) in [7, 11) is 0. The van der Waals surface area contributed by atoms with Crippen molar-refractivity contribution in [3.05, 3.63) is 33.8 Å². The number of aliphatic hydroxyl groups excluding tert-OH is 1. The maximum Gasteiger partial charge on any atom is 0.251 e. The highest BCUT2D eigenvalue weighted by Gasteiger charge is 2.17. The van der Waals surface area contributed by atoms with Crippen LogP contribution < -0.4 is 5.32 Å². The van der Waals surface area contributed by atoms with Crippen LogP contribution in [-0.2, 0) is 0 Å². The van der Waals surface area contributed by atoms with Crippen molar-refractivity contribution in [3.63, 3.8) is 0 Å². The van der Waals surface area contributed by atoms with Gasteiger partial charge in [-0.3, -0.25) is 4.79 Å². The third kappa shape index (κ3) is 3.82. The smallest absolute Gasteiger partial charge is 0.251 e. The van der Waals surface area contributed by atoms with Crippen molar-refractivity contribution >= 4 is 21.8 Å². The molecule has 1 amide bonds. The number of nitrogens with one attached hydrogen (secondary N) is 1. The Morgan fingerprint density at radius 3 is 2.65 bits per heavy atom. The lowest BCUT2D eigenvalue weighted by Crippen LogP contribution is -2.41. The van der Waals surface area contributed by atoms with E-state index in [1.54, 1.807) is 6.07 Å². The van der Waals surface area contributed by atoms with Crippen LogP contribution in [0.5, 0.6) is 0 Å². The van der Waals surface area contributed by atoms with Crippen LogP contribution in [0.25, 0.3) is 0 Å². The number of benzene rings is 1. The van der Waals surface area contributed by atoms with Crippen molar-refractivity contribution in [3.8, 4) is 0 Å². The molecule has 0 saturated carbocycles. The number of carbonyl (C=O) groups is 1. The molecule has 2 N–H and O–H groups in total. The van der Waals surface area contributed by atoms with E-state index >= 15 is 0 Å². The summed E-state index contributed by atoms with van der Waals surface area (Å²) in [5, 5.41) is 12.0. The van der Waals surface area contributed by atoms with Gasteiger partial charge >= 0.3 is 0 Å². The Morgan fingerprint density at radius 1 is 1.47 bits per heavy atom. The van der Waals surface area contributed by atoms with Crippen molar-refractivity contribution in [2.45, 2.75) is 26.8 Å². The molecule has 0 aliphatic heterocycles. The van der Waals surface area contributed by atoms with Crippen molar-refractivity contribution in [2.75, 3.05) is 6.61 Å². The minimum Gasteiger partial charge on any atom is -0.394 e. The number of carbonyl (C=O) groups excluding carboxylic acids is 1. The molecule has 1 rings (SSSR count). The molecule has 1 atom stereocenters. The summed E-state index contributed by atoms with van der Waals surface area (Å²) in [4.78, 5) is 12.0. The fraction of sp³-hybridized carbons (Fsp3) is 0.462. The SMILES string of the molecule is Cc1ccc(Br)cc1C(=O)NC(CO)C(C)C. The first kappa shape index (κ1) is 14.2. The molecule has 4 heteroatoms. The quantitative estimate of drug-likeness (QED) is 0.897. The molecule has 0 spiro atoms. The van der Waals surface area contributed by atoms with Crippen molar-refractivity contribution < 1.29 is 9.90 Å². The third-order valence-electron chi connectivity index (χ3n) is 2.76. The van der Waals surface area contributed by atoms with Gasteiger partial charge < -0.3 is 10.4 Å². The molecular formula is C13H18BrNO2. The predicted octanol–water partition coefficient (Wildman–Crippen LogP) is 2.50. The monoisotopic (exact) mass is 299 g/mol. The Morgan fingerprint density at radius 2 is 2.12 bits per heavy atom. The second kappa shape index (κ2) is 6.17. The van der Waals surface area contributed by atoms with Crippen molar-refractivity contribution in [1.82, 2.24) is 5.32 Å². The van der Waals surface area contributed by atoms with Gasteiger partial charge in [-0.1, -0.05) is 35.8 Å². The molecule has 0 bridgehead atoms. The lowest BCUT2D eigenvalue weighted by atomic mass is 10.0. The van der Waals surface area contributed by atoms with Gasteiger partial charge in [-0.2, -0.15) is 0 Å². The van der Waals surface area contributed by atoms with Crippen LogP contribution in [0.2, 0.25) is 0 Å². The molecule has 0 heterocycles. The molecule has 0 aliphatic rings. The molecule has 1 aromatic rings. The second-order valence-electron chi connectivity index (χ2n) is 4.47. The molecule has 0 aliphatic carbocycles. The first-order chi connectivity index (χ1) is 7.95. The van der Waals surface area contributed by atoms with Crippen LogP contribution >= 0.6 is 15.9 Å². The van der Waals surface area contributed by atoms with Gasteiger partial charge in [0, 0.05) is 10.0 Å². The van der Waals surface area contributed by atoms with E-state index in [-0.39, 0.29) is 24.5 Å². The van der Waals surface area contributed by atoms with Crippen molar-refractivity contribution in [2.24, 2.45) is 5.92 Å². The molecule has 0 saturated heterocycles. The van der Waals surface area contributed by atoms with Gasteiger partial charge in [0.05, 0.1) is 12.6 Å². The average Bonchev–Trinajstić information content (AvgIpc) is 2.28.